The fourth-order valence-corrected chi connectivity index (χ4v) is 3.21. The van der Waals surface area contributed by atoms with Crippen LogP contribution in [0.25, 0.3) is 0 Å². The lowest BCUT2D eigenvalue weighted by atomic mass is 10.1. The summed E-state index contributed by atoms with van der Waals surface area (Å²) in [5.41, 5.74) is 0.799. The number of thioether (sulfide) groups is 1. The first kappa shape index (κ1) is 15.4. The van der Waals surface area contributed by atoms with E-state index < -0.39 is 12.2 Å². The second-order valence-corrected chi connectivity index (χ2v) is 6.34. The highest BCUT2D eigenvalue weighted by Gasteiger charge is 2.22. The standard InChI is InChI=1S/C12H16O4S2/c1-7-5-9(6-13)18-12(7)11(16)10(15)3-4-17-8(2)14/h5-6,10-11,15-16H,3-4H2,1-2H3. The Bertz CT molecular complexity index is 428. The molecular formula is C12H16O4S2. The third-order valence-electron chi connectivity index (χ3n) is 2.44. The highest BCUT2D eigenvalue weighted by molar-refractivity contribution is 8.13. The molecule has 1 heterocycles. The number of aldehydes is 1. The van der Waals surface area contributed by atoms with Gasteiger partial charge in [-0.2, -0.15) is 0 Å². The van der Waals surface area contributed by atoms with Crippen molar-refractivity contribution in [3.8, 4) is 0 Å². The van der Waals surface area contributed by atoms with Crippen molar-refractivity contribution < 1.29 is 19.8 Å². The number of rotatable bonds is 6. The third kappa shape index (κ3) is 4.20. The quantitative estimate of drug-likeness (QED) is 0.782. The van der Waals surface area contributed by atoms with Gasteiger partial charge < -0.3 is 10.2 Å². The van der Waals surface area contributed by atoms with Crippen LogP contribution in [0.5, 0.6) is 0 Å². The lowest BCUT2D eigenvalue weighted by Crippen LogP contribution is -2.18. The van der Waals surface area contributed by atoms with E-state index in [2.05, 4.69) is 0 Å². The Morgan fingerprint density at radius 1 is 1.56 bits per heavy atom. The van der Waals surface area contributed by atoms with E-state index in [1.807, 2.05) is 0 Å². The first-order chi connectivity index (χ1) is 8.45. The van der Waals surface area contributed by atoms with Gasteiger partial charge in [-0.25, -0.2) is 0 Å². The molecule has 2 N–H and O–H groups in total. The maximum atomic E-state index is 10.7. The monoisotopic (exact) mass is 288 g/mol. The largest absolute Gasteiger partial charge is 0.390 e. The molecule has 1 aromatic heterocycles. The van der Waals surface area contributed by atoms with Gasteiger partial charge in [0, 0.05) is 17.6 Å². The number of hydrogen-bond acceptors (Lipinski definition) is 6. The minimum Gasteiger partial charge on any atom is -0.390 e. The summed E-state index contributed by atoms with van der Waals surface area (Å²) in [5.74, 6) is 0.471. The number of aryl methyl sites for hydroxylation is 1. The molecule has 0 aliphatic rings. The van der Waals surface area contributed by atoms with Crippen LogP contribution in [0, 0.1) is 6.92 Å². The molecule has 1 aromatic rings. The van der Waals surface area contributed by atoms with Crippen LogP contribution < -0.4 is 0 Å². The van der Waals surface area contributed by atoms with Crippen LogP contribution in [0.3, 0.4) is 0 Å². The molecule has 0 saturated heterocycles. The maximum Gasteiger partial charge on any atom is 0.185 e. The Kier molecular flexibility index (Phi) is 6.01. The molecule has 0 bridgehead atoms. The lowest BCUT2D eigenvalue weighted by Gasteiger charge is -2.17. The van der Waals surface area contributed by atoms with Gasteiger partial charge >= 0.3 is 0 Å². The molecule has 0 amide bonds. The van der Waals surface area contributed by atoms with E-state index in [9.17, 15) is 19.8 Å². The van der Waals surface area contributed by atoms with Crippen LogP contribution in [0.4, 0.5) is 0 Å². The Balaban J connectivity index is 2.61. The molecule has 0 aliphatic carbocycles. The van der Waals surface area contributed by atoms with Crippen molar-refractivity contribution in [1.82, 2.24) is 0 Å². The van der Waals surface area contributed by atoms with Gasteiger partial charge in [0.15, 0.2) is 11.4 Å². The van der Waals surface area contributed by atoms with Crippen LogP contribution in [0.2, 0.25) is 0 Å². The molecule has 18 heavy (non-hydrogen) atoms. The van der Waals surface area contributed by atoms with Crippen LogP contribution in [-0.2, 0) is 4.79 Å². The van der Waals surface area contributed by atoms with E-state index in [0.717, 1.165) is 23.6 Å². The summed E-state index contributed by atoms with van der Waals surface area (Å²) < 4.78 is 0. The van der Waals surface area contributed by atoms with E-state index in [0.29, 0.717) is 21.9 Å². The Hall–Kier alpha value is -0.690. The van der Waals surface area contributed by atoms with Gasteiger partial charge in [-0.1, -0.05) is 11.8 Å². The number of carbonyl (C=O) groups excluding carboxylic acids is 2. The lowest BCUT2D eigenvalue weighted by molar-refractivity contribution is -0.109. The van der Waals surface area contributed by atoms with Crippen LogP contribution >= 0.6 is 23.1 Å². The third-order valence-corrected chi connectivity index (χ3v) is 4.52. The number of carbonyl (C=O) groups is 2. The number of hydrogen-bond donors (Lipinski definition) is 2. The fraction of sp³-hybridized carbons (Fsp3) is 0.500. The number of aliphatic hydroxyl groups is 2. The topological polar surface area (TPSA) is 74.6 Å². The molecule has 0 aromatic carbocycles. The first-order valence-electron chi connectivity index (χ1n) is 5.50. The molecule has 4 nitrogen and oxygen atoms in total. The summed E-state index contributed by atoms with van der Waals surface area (Å²) in [6.07, 6.45) is -0.865. The zero-order valence-corrected chi connectivity index (χ0v) is 11.9. The summed E-state index contributed by atoms with van der Waals surface area (Å²) in [6, 6.07) is 1.69. The predicted molar refractivity (Wildman–Crippen MR) is 73.2 cm³/mol. The summed E-state index contributed by atoms with van der Waals surface area (Å²) in [6.45, 7) is 3.26. The average molecular weight is 288 g/mol. The van der Waals surface area contributed by atoms with Gasteiger partial charge in [0.2, 0.25) is 0 Å². The second-order valence-electron chi connectivity index (χ2n) is 3.95. The molecule has 0 radical (unpaired) electrons. The van der Waals surface area contributed by atoms with Crippen molar-refractivity contribution in [2.75, 3.05) is 5.75 Å². The van der Waals surface area contributed by atoms with Gasteiger partial charge in [-0.05, 0) is 25.0 Å². The van der Waals surface area contributed by atoms with Crippen LogP contribution in [0.15, 0.2) is 6.07 Å². The van der Waals surface area contributed by atoms with Crippen molar-refractivity contribution in [3.05, 3.63) is 21.4 Å². The normalized spacial score (nSPS) is 14.2. The van der Waals surface area contributed by atoms with Crippen molar-refractivity contribution >= 4 is 34.5 Å². The molecule has 0 saturated carbocycles. The Morgan fingerprint density at radius 2 is 2.22 bits per heavy atom. The average Bonchev–Trinajstić information content (AvgIpc) is 2.69. The SMILES string of the molecule is CC(=O)SCCC(O)C(O)c1sc(C=O)cc1C. The predicted octanol–water partition coefficient (Wildman–Crippen LogP) is 1.93. The molecule has 0 aliphatic heterocycles. The van der Waals surface area contributed by atoms with Gasteiger partial charge in [0.05, 0.1) is 11.0 Å². The molecule has 1 rings (SSSR count). The van der Waals surface area contributed by atoms with Gasteiger partial charge in [-0.3, -0.25) is 9.59 Å². The summed E-state index contributed by atoms with van der Waals surface area (Å²) in [7, 11) is 0. The minimum absolute atomic E-state index is 0.00719. The highest BCUT2D eigenvalue weighted by atomic mass is 32.2. The molecule has 2 atom stereocenters. The molecule has 0 spiro atoms. The summed E-state index contributed by atoms with van der Waals surface area (Å²) >= 11 is 2.31. The summed E-state index contributed by atoms with van der Waals surface area (Å²) in [4.78, 5) is 22.5. The molecule has 2 unspecified atom stereocenters. The summed E-state index contributed by atoms with van der Waals surface area (Å²) in [5, 5.41) is 19.8. The zero-order chi connectivity index (χ0) is 13.7. The molecule has 6 heteroatoms. The highest BCUT2D eigenvalue weighted by Crippen LogP contribution is 2.30. The van der Waals surface area contributed by atoms with Crippen LogP contribution in [-0.4, -0.2) is 33.5 Å². The number of thiophene rings is 1. The van der Waals surface area contributed by atoms with Crippen molar-refractivity contribution in [3.63, 3.8) is 0 Å². The van der Waals surface area contributed by atoms with Gasteiger partial charge in [0.25, 0.3) is 0 Å². The van der Waals surface area contributed by atoms with Gasteiger partial charge in [-0.15, -0.1) is 11.3 Å². The van der Waals surface area contributed by atoms with E-state index in [-0.39, 0.29) is 5.12 Å². The zero-order valence-electron chi connectivity index (χ0n) is 10.3. The molecule has 100 valence electrons. The molecular weight excluding hydrogens is 272 g/mol. The Morgan fingerprint density at radius 3 is 2.72 bits per heavy atom. The van der Waals surface area contributed by atoms with Crippen LogP contribution in [0.1, 0.15) is 39.6 Å². The number of aliphatic hydroxyl groups excluding tert-OH is 2. The maximum absolute atomic E-state index is 10.7. The van der Waals surface area contributed by atoms with Gasteiger partial charge in [0.1, 0.15) is 6.10 Å². The van der Waals surface area contributed by atoms with E-state index in [4.69, 9.17) is 0 Å². The van der Waals surface area contributed by atoms with Crippen molar-refractivity contribution in [1.29, 1.82) is 0 Å². The van der Waals surface area contributed by atoms with E-state index >= 15 is 0 Å². The van der Waals surface area contributed by atoms with Crippen molar-refractivity contribution in [2.24, 2.45) is 0 Å². The Labute approximate surface area is 114 Å². The van der Waals surface area contributed by atoms with E-state index in [1.54, 1.807) is 13.0 Å². The first-order valence-corrected chi connectivity index (χ1v) is 7.31. The second kappa shape index (κ2) is 7.04. The fourth-order valence-electron chi connectivity index (χ4n) is 1.53. The smallest absolute Gasteiger partial charge is 0.185 e. The molecule has 0 fully saturated rings. The van der Waals surface area contributed by atoms with E-state index in [1.165, 1.54) is 18.3 Å². The minimum atomic E-state index is -1.00. The van der Waals surface area contributed by atoms with Crippen molar-refractivity contribution in [2.45, 2.75) is 32.5 Å².